The molecule has 0 spiro atoms. The molecule has 2 aromatic rings. The first-order chi connectivity index (χ1) is 9.11. The van der Waals surface area contributed by atoms with Gasteiger partial charge in [-0.3, -0.25) is 0 Å². The number of pyridine rings is 1. The lowest BCUT2D eigenvalue weighted by Gasteiger charge is -2.10. The Morgan fingerprint density at radius 3 is 2.42 bits per heavy atom. The fourth-order valence-corrected chi connectivity index (χ4v) is 1.97. The first kappa shape index (κ1) is 13.6. The zero-order valence-corrected chi connectivity index (χ0v) is 11.4. The molecule has 0 saturated heterocycles. The van der Waals surface area contributed by atoms with E-state index in [0.717, 1.165) is 0 Å². The molecule has 0 bridgehead atoms. The summed E-state index contributed by atoms with van der Waals surface area (Å²) in [6.45, 7) is 0. The van der Waals surface area contributed by atoms with Gasteiger partial charge in [0.05, 0.1) is 22.7 Å². The fraction of sp³-hybridized carbons (Fsp3) is 0.0769. The SMILES string of the molecule is COC(=O)c1cc(Cl)c(Oc2ccccn2)c(Cl)c1. The zero-order chi connectivity index (χ0) is 13.8. The average molecular weight is 298 g/mol. The number of nitrogens with zero attached hydrogens (tertiary/aromatic N) is 1. The average Bonchev–Trinajstić information content (AvgIpc) is 2.43. The highest BCUT2D eigenvalue weighted by atomic mass is 35.5. The fourth-order valence-electron chi connectivity index (χ4n) is 1.41. The van der Waals surface area contributed by atoms with E-state index in [1.54, 1.807) is 24.4 Å². The van der Waals surface area contributed by atoms with Crippen LogP contribution in [-0.4, -0.2) is 18.1 Å². The molecule has 0 radical (unpaired) electrons. The minimum atomic E-state index is -0.520. The normalized spacial score (nSPS) is 10.1. The monoisotopic (exact) mass is 297 g/mol. The molecule has 4 nitrogen and oxygen atoms in total. The van der Waals surface area contributed by atoms with Crippen LogP contribution in [0.5, 0.6) is 11.6 Å². The van der Waals surface area contributed by atoms with Crippen molar-refractivity contribution in [2.45, 2.75) is 0 Å². The highest BCUT2D eigenvalue weighted by Crippen LogP contribution is 2.36. The number of rotatable bonds is 3. The van der Waals surface area contributed by atoms with Crippen LogP contribution < -0.4 is 4.74 Å². The maximum atomic E-state index is 11.4. The number of methoxy groups -OCH3 is 1. The maximum Gasteiger partial charge on any atom is 0.337 e. The highest BCUT2D eigenvalue weighted by Gasteiger charge is 2.15. The van der Waals surface area contributed by atoms with E-state index in [4.69, 9.17) is 27.9 Å². The van der Waals surface area contributed by atoms with Crippen molar-refractivity contribution in [1.82, 2.24) is 4.98 Å². The van der Waals surface area contributed by atoms with E-state index in [9.17, 15) is 4.79 Å². The molecule has 2 rings (SSSR count). The van der Waals surface area contributed by atoms with Crippen molar-refractivity contribution in [3.05, 3.63) is 52.1 Å². The molecule has 0 atom stereocenters. The van der Waals surface area contributed by atoms with Gasteiger partial charge in [-0.1, -0.05) is 29.3 Å². The molecule has 1 aromatic carbocycles. The Morgan fingerprint density at radius 1 is 1.21 bits per heavy atom. The van der Waals surface area contributed by atoms with Gasteiger partial charge >= 0.3 is 5.97 Å². The molecular formula is C13H9Cl2NO3. The van der Waals surface area contributed by atoms with Gasteiger partial charge in [0.1, 0.15) is 0 Å². The number of benzene rings is 1. The van der Waals surface area contributed by atoms with Crippen molar-refractivity contribution >= 4 is 29.2 Å². The summed E-state index contributed by atoms with van der Waals surface area (Å²) in [5.74, 6) is 0.0833. The van der Waals surface area contributed by atoms with Gasteiger partial charge in [-0.05, 0) is 18.2 Å². The highest BCUT2D eigenvalue weighted by molar-refractivity contribution is 6.37. The molecule has 1 aromatic heterocycles. The van der Waals surface area contributed by atoms with Gasteiger partial charge < -0.3 is 9.47 Å². The van der Waals surface area contributed by atoms with Crippen molar-refractivity contribution in [3.63, 3.8) is 0 Å². The minimum absolute atomic E-state index is 0.207. The quantitative estimate of drug-likeness (QED) is 0.804. The molecule has 6 heteroatoms. The second kappa shape index (κ2) is 5.91. The number of carbonyl (C=O) groups is 1. The topological polar surface area (TPSA) is 48.4 Å². The van der Waals surface area contributed by atoms with Crippen LogP contribution >= 0.6 is 23.2 Å². The van der Waals surface area contributed by atoms with Crippen LogP contribution in [-0.2, 0) is 4.74 Å². The van der Waals surface area contributed by atoms with Crippen molar-refractivity contribution in [1.29, 1.82) is 0 Å². The number of ether oxygens (including phenoxy) is 2. The van der Waals surface area contributed by atoms with Crippen LogP contribution in [0.3, 0.4) is 0 Å². The molecule has 0 aliphatic rings. The van der Waals surface area contributed by atoms with Crippen molar-refractivity contribution < 1.29 is 14.3 Å². The van der Waals surface area contributed by atoms with Crippen LogP contribution in [0.2, 0.25) is 10.0 Å². The summed E-state index contributed by atoms with van der Waals surface area (Å²) in [6.07, 6.45) is 1.58. The lowest BCUT2D eigenvalue weighted by molar-refractivity contribution is 0.0600. The Balaban J connectivity index is 2.35. The Labute approximate surface area is 119 Å². The van der Waals surface area contributed by atoms with Gasteiger partial charge in [-0.15, -0.1) is 0 Å². The lowest BCUT2D eigenvalue weighted by Crippen LogP contribution is -2.01. The second-order valence-corrected chi connectivity index (χ2v) is 4.35. The van der Waals surface area contributed by atoms with Crippen molar-refractivity contribution in [2.75, 3.05) is 7.11 Å². The van der Waals surface area contributed by atoms with Gasteiger partial charge in [0.2, 0.25) is 5.88 Å². The number of hydrogen-bond donors (Lipinski definition) is 0. The molecular weight excluding hydrogens is 289 g/mol. The molecule has 0 aliphatic heterocycles. The standard InChI is InChI=1S/C13H9Cl2NO3/c1-18-13(17)8-6-9(14)12(10(15)7-8)19-11-4-2-3-5-16-11/h2-7H,1H3. The van der Waals surface area contributed by atoms with Crippen LogP contribution in [0, 0.1) is 0 Å². The number of esters is 1. The number of halogens is 2. The van der Waals surface area contributed by atoms with E-state index in [0.29, 0.717) is 5.88 Å². The molecule has 0 aliphatic carbocycles. The van der Waals surface area contributed by atoms with E-state index in [1.807, 2.05) is 0 Å². The molecule has 0 saturated carbocycles. The van der Waals surface area contributed by atoms with Gasteiger partial charge in [-0.2, -0.15) is 0 Å². The summed E-state index contributed by atoms with van der Waals surface area (Å²) in [5, 5.41) is 0.414. The summed E-state index contributed by atoms with van der Waals surface area (Å²) in [6, 6.07) is 8.05. The summed E-state index contributed by atoms with van der Waals surface area (Å²) >= 11 is 12.1. The largest absolute Gasteiger partial charge is 0.465 e. The Hall–Kier alpha value is -1.78. The number of carbonyl (C=O) groups excluding carboxylic acids is 1. The van der Waals surface area contributed by atoms with Gasteiger partial charge in [-0.25, -0.2) is 9.78 Å². The zero-order valence-electron chi connectivity index (χ0n) is 9.89. The third kappa shape index (κ3) is 3.16. The first-order valence-electron chi connectivity index (χ1n) is 5.28. The van der Waals surface area contributed by atoms with E-state index in [2.05, 4.69) is 9.72 Å². The maximum absolute atomic E-state index is 11.4. The molecule has 0 fully saturated rings. The van der Waals surface area contributed by atoms with Crippen molar-refractivity contribution in [2.24, 2.45) is 0 Å². The smallest absolute Gasteiger partial charge is 0.337 e. The minimum Gasteiger partial charge on any atom is -0.465 e. The summed E-state index contributed by atoms with van der Waals surface area (Å²) in [7, 11) is 1.28. The first-order valence-corrected chi connectivity index (χ1v) is 6.03. The van der Waals surface area contributed by atoms with E-state index in [-0.39, 0.29) is 21.4 Å². The number of hydrogen-bond acceptors (Lipinski definition) is 4. The van der Waals surface area contributed by atoms with Gasteiger partial charge in [0, 0.05) is 12.3 Å². The van der Waals surface area contributed by atoms with Crippen LogP contribution in [0.4, 0.5) is 0 Å². The third-order valence-electron chi connectivity index (χ3n) is 2.26. The van der Waals surface area contributed by atoms with Crippen LogP contribution in [0.15, 0.2) is 36.5 Å². The van der Waals surface area contributed by atoms with Crippen molar-refractivity contribution in [3.8, 4) is 11.6 Å². The number of aromatic nitrogens is 1. The summed E-state index contributed by atoms with van der Waals surface area (Å²) < 4.78 is 10.1. The third-order valence-corrected chi connectivity index (χ3v) is 2.83. The lowest BCUT2D eigenvalue weighted by atomic mass is 10.2. The Bertz CT molecular complexity index is 579. The van der Waals surface area contributed by atoms with Crippen LogP contribution in [0.1, 0.15) is 10.4 Å². The van der Waals surface area contributed by atoms with E-state index < -0.39 is 5.97 Å². The molecule has 98 valence electrons. The van der Waals surface area contributed by atoms with Gasteiger partial charge in [0.25, 0.3) is 0 Å². The van der Waals surface area contributed by atoms with E-state index in [1.165, 1.54) is 19.2 Å². The molecule has 1 heterocycles. The predicted molar refractivity (Wildman–Crippen MR) is 72.1 cm³/mol. The summed E-state index contributed by atoms with van der Waals surface area (Å²) in [4.78, 5) is 15.4. The van der Waals surface area contributed by atoms with E-state index >= 15 is 0 Å². The Morgan fingerprint density at radius 2 is 1.89 bits per heavy atom. The summed E-state index contributed by atoms with van der Waals surface area (Å²) in [5.41, 5.74) is 0.255. The predicted octanol–water partition coefficient (Wildman–Crippen LogP) is 3.97. The molecule has 0 amide bonds. The molecule has 19 heavy (non-hydrogen) atoms. The Kier molecular flexibility index (Phi) is 4.24. The molecule has 0 N–H and O–H groups in total. The van der Waals surface area contributed by atoms with Crippen LogP contribution in [0.25, 0.3) is 0 Å². The molecule has 0 unspecified atom stereocenters. The van der Waals surface area contributed by atoms with Gasteiger partial charge in [0.15, 0.2) is 5.75 Å². The second-order valence-electron chi connectivity index (χ2n) is 3.53.